The maximum atomic E-state index is 12.7. The zero-order valence-corrected chi connectivity index (χ0v) is 17.7. The van der Waals surface area contributed by atoms with Gasteiger partial charge >= 0.3 is 0 Å². The van der Waals surface area contributed by atoms with Gasteiger partial charge in [-0.3, -0.25) is 9.20 Å². The Morgan fingerprint density at radius 2 is 1.90 bits per heavy atom. The largest absolute Gasteiger partial charge is 0.441 e. The molecule has 1 aromatic carbocycles. The quantitative estimate of drug-likeness (QED) is 0.465. The van der Waals surface area contributed by atoms with Crippen molar-refractivity contribution in [3.63, 3.8) is 0 Å². The van der Waals surface area contributed by atoms with Gasteiger partial charge in [0, 0.05) is 48.6 Å². The molecule has 7 nitrogen and oxygen atoms in total. The van der Waals surface area contributed by atoms with Crippen LogP contribution in [0.2, 0.25) is 5.02 Å². The summed E-state index contributed by atoms with van der Waals surface area (Å²) in [5, 5.41) is 9.30. The summed E-state index contributed by atoms with van der Waals surface area (Å²) in [4.78, 5) is 19.0. The molecule has 31 heavy (non-hydrogen) atoms. The molecule has 8 heteroatoms. The second kappa shape index (κ2) is 8.51. The number of rotatable bonds is 5. The van der Waals surface area contributed by atoms with E-state index >= 15 is 0 Å². The Balaban J connectivity index is 1.15. The van der Waals surface area contributed by atoms with Gasteiger partial charge in [0.2, 0.25) is 5.91 Å². The summed E-state index contributed by atoms with van der Waals surface area (Å²) in [6.07, 6.45) is 6.34. The summed E-state index contributed by atoms with van der Waals surface area (Å²) in [5.41, 5.74) is 1.78. The molecule has 1 aliphatic heterocycles. The molecule has 5 rings (SSSR count). The molecular formula is C23H22ClN5O2. The minimum Gasteiger partial charge on any atom is -0.441 e. The lowest BCUT2D eigenvalue weighted by Crippen LogP contribution is -2.38. The predicted octanol–water partition coefficient (Wildman–Crippen LogP) is 4.38. The molecular weight excluding hydrogens is 414 g/mol. The first kappa shape index (κ1) is 19.8. The van der Waals surface area contributed by atoms with Crippen molar-refractivity contribution in [1.29, 1.82) is 0 Å². The topological polar surface area (TPSA) is 76.5 Å². The van der Waals surface area contributed by atoms with Crippen molar-refractivity contribution in [2.24, 2.45) is 0 Å². The summed E-state index contributed by atoms with van der Waals surface area (Å²) in [6, 6.07) is 13.3. The molecule has 0 spiro atoms. The number of aromatic nitrogens is 4. The fourth-order valence-electron chi connectivity index (χ4n) is 4.07. The van der Waals surface area contributed by atoms with Crippen LogP contribution in [0.15, 0.2) is 59.3 Å². The molecule has 0 unspecified atom stereocenters. The molecule has 1 saturated heterocycles. The Morgan fingerprint density at radius 1 is 1.10 bits per heavy atom. The normalized spacial score (nSPS) is 14.9. The number of hydrogen-bond donors (Lipinski definition) is 0. The summed E-state index contributed by atoms with van der Waals surface area (Å²) in [6.45, 7) is 1.46. The van der Waals surface area contributed by atoms with E-state index in [9.17, 15) is 4.79 Å². The number of hydrogen-bond acceptors (Lipinski definition) is 5. The monoisotopic (exact) mass is 435 g/mol. The average molecular weight is 436 g/mol. The Hall–Kier alpha value is -3.19. The van der Waals surface area contributed by atoms with Gasteiger partial charge in [-0.2, -0.15) is 0 Å². The lowest BCUT2D eigenvalue weighted by molar-refractivity contribution is -0.132. The molecule has 0 atom stereocenters. The first-order chi connectivity index (χ1) is 15.2. The van der Waals surface area contributed by atoms with E-state index in [1.165, 1.54) is 0 Å². The van der Waals surface area contributed by atoms with Gasteiger partial charge in [0.05, 0.1) is 6.20 Å². The van der Waals surface area contributed by atoms with E-state index in [-0.39, 0.29) is 5.91 Å². The third-order valence-corrected chi connectivity index (χ3v) is 6.04. The van der Waals surface area contributed by atoms with E-state index < -0.39 is 0 Å². The number of halogens is 1. The summed E-state index contributed by atoms with van der Waals surface area (Å²) < 4.78 is 7.86. The van der Waals surface area contributed by atoms with Gasteiger partial charge in [-0.25, -0.2) is 4.98 Å². The molecule has 3 aromatic heterocycles. The number of carbonyl (C=O) groups excluding carboxylic acids is 1. The molecule has 1 aliphatic rings. The van der Waals surface area contributed by atoms with Gasteiger partial charge in [0.25, 0.3) is 0 Å². The highest BCUT2D eigenvalue weighted by molar-refractivity contribution is 6.30. The number of amides is 1. The van der Waals surface area contributed by atoms with Gasteiger partial charge in [-0.1, -0.05) is 17.7 Å². The van der Waals surface area contributed by atoms with Gasteiger partial charge in [-0.15, -0.1) is 10.2 Å². The Bertz CT molecular complexity index is 1190. The summed E-state index contributed by atoms with van der Waals surface area (Å²) in [7, 11) is 0. The first-order valence-electron chi connectivity index (χ1n) is 10.5. The van der Waals surface area contributed by atoms with Crippen molar-refractivity contribution >= 4 is 23.2 Å². The Kier molecular flexibility index (Phi) is 5.42. The van der Waals surface area contributed by atoms with E-state index in [1.54, 1.807) is 6.20 Å². The second-order valence-corrected chi connectivity index (χ2v) is 8.20. The lowest BCUT2D eigenvalue weighted by Gasteiger charge is -2.31. The van der Waals surface area contributed by atoms with Crippen LogP contribution >= 0.6 is 11.6 Å². The smallest absolute Gasteiger partial charge is 0.223 e. The second-order valence-electron chi connectivity index (χ2n) is 7.77. The van der Waals surface area contributed by atoms with Crippen LogP contribution < -0.4 is 0 Å². The molecule has 1 fully saturated rings. The summed E-state index contributed by atoms with van der Waals surface area (Å²) >= 11 is 5.93. The van der Waals surface area contributed by atoms with E-state index in [1.807, 2.05) is 58.0 Å². The maximum absolute atomic E-state index is 12.7. The van der Waals surface area contributed by atoms with Crippen molar-refractivity contribution in [3.05, 3.63) is 71.6 Å². The van der Waals surface area contributed by atoms with Crippen LogP contribution in [-0.4, -0.2) is 43.5 Å². The van der Waals surface area contributed by atoms with Gasteiger partial charge in [0.1, 0.15) is 5.82 Å². The molecule has 158 valence electrons. The summed E-state index contributed by atoms with van der Waals surface area (Å²) in [5.74, 6) is 2.69. The van der Waals surface area contributed by atoms with Crippen LogP contribution in [0.1, 0.15) is 36.9 Å². The van der Waals surface area contributed by atoms with Crippen molar-refractivity contribution < 1.29 is 9.21 Å². The van der Waals surface area contributed by atoms with Crippen LogP contribution in [0, 0.1) is 0 Å². The zero-order chi connectivity index (χ0) is 21.2. The maximum Gasteiger partial charge on any atom is 0.223 e. The number of oxazole rings is 1. The van der Waals surface area contributed by atoms with Crippen LogP contribution in [-0.2, 0) is 11.2 Å². The van der Waals surface area contributed by atoms with Crippen molar-refractivity contribution in [2.45, 2.75) is 31.6 Å². The Labute approximate surface area is 184 Å². The Morgan fingerprint density at radius 3 is 2.71 bits per heavy atom. The SMILES string of the molecule is O=C(CCc1ncc(-c2ccc(Cl)cc2)o1)N1CCC(c2nnc3ccccn23)CC1. The van der Waals surface area contributed by atoms with E-state index in [2.05, 4.69) is 15.2 Å². The number of likely N-dealkylation sites (tertiary alicyclic amines) is 1. The predicted molar refractivity (Wildman–Crippen MR) is 117 cm³/mol. The molecule has 4 heterocycles. The average Bonchev–Trinajstić information content (AvgIpc) is 3.45. The van der Waals surface area contributed by atoms with Crippen LogP contribution in [0.25, 0.3) is 17.0 Å². The van der Waals surface area contributed by atoms with Gasteiger partial charge in [-0.05, 0) is 49.2 Å². The highest BCUT2D eigenvalue weighted by Crippen LogP contribution is 2.28. The fourth-order valence-corrected chi connectivity index (χ4v) is 4.20. The van der Waals surface area contributed by atoms with Crippen molar-refractivity contribution in [3.8, 4) is 11.3 Å². The lowest BCUT2D eigenvalue weighted by atomic mass is 9.95. The minimum atomic E-state index is 0.135. The van der Waals surface area contributed by atoms with Crippen molar-refractivity contribution in [1.82, 2.24) is 24.5 Å². The molecule has 0 N–H and O–H groups in total. The zero-order valence-electron chi connectivity index (χ0n) is 16.9. The number of fused-ring (bicyclic) bond motifs is 1. The minimum absolute atomic E-state index is 0.135. The van der Waals surface area contributed by atoms with E-state index in [4.69, 9.17) is 16.0 Å². The van der Waals surface area contributed by atoms with E-state index in [0.29, 0.717) is 35.4 Å². The number of piperidine rings is 1. The molecule has 0 radical (unpaired) electrons. The van der Waals surface area contributed by atoms with E-state index in [0.717, 1.165) is 43.0 Å². The number of pyridine rings is 1. The highest BCUT2D eigenvalue weighted by Gasteiger charge is 2.26. The number of carbonyl (C=O) groups is 1. The third-order valence-electron chi connectivity index (χ3n) is 5.79. The number of nitrogens with zero attached hydrogens (tertiary/aromatic N) is 5. The fraction of sp³-hybridized carbons (Fsp3) is 0.304. The van der Waals surface area contributed by atoms with Crippen LogP contribution in [0.4, 0.5) is 0 Å². The molecule has 0 bridgehead atoms. The van der Waals surface area contributed by atoms with Crippen LogP contribution in [0.5, 0.6) is 0 Å². The standard InChI is InChI=1S/C23H22ClN5O2/c24-18-6-4-16(5-7-18)19-15-25-21(31-19)8-9-22(30)28-13-10-17(11-14-28)23-27-26-20-3-1-2-12-29(20)23/h1-7,12,15,17H,8-11,13-14H2. The van der Waals surface area contributed by atoms with Crippen LogP contribution in [0.3, 0.4) is 0 Å². The van der Waals surface area contributed by atoms with Crippen molar-refractivity contribution in [2.75, 3.05) is 13.1 Å². The molecule has 0 aliphatic carbocycles. The number of benzene rings is 1. The van der Waals surface area contributed by atoms with Gasteiger partial charge < -0.3 is 9.32 Å². The highest BCUT2D eigenvalue weighted by atomic mass is 35.5. The number of aryl methyl sites for hydroxylation is 1. The molecule has 1 amide bonds. The molecule has 0 saturated carbocycles. The van der Waals surface area contributed by atoms with Gasteiger partial charge in [0.15, 0.2) is 17.3 Å². The molecule has 4 aromatic rings. The third kappa shape index (κ3) is 4.18. The first-order valence-corrected chi connectivity index (χ1v) is 10.8.